The van der Waals surface area contributed by atoms with Crippen LogP contribution in [0.15, 0.2) is 0 Å². The van der Waals surface area contributed by atoms with Crippen molar-refractivity contribution in [3.63, 3.8) is 0 Å². The minimum Gasteiger partial charge on any atom is -0.367 e. The van der Waals surface area contributed by atoms with Gasteiger partial charge in [0.1, 0.15) is 23.0 Å². The SMILES string of the molecule is CC(O)OI. The van der Waals surface area contributed by atoms with Crippen LogP contribution >= 0.6 is 23.0 Å². The molecule has 3 heteroatoms. The largest absolute Gasteiger partial charge is 0.367 e. The summed E-state index contributed by atoms with van der Waals surface area (Å²) in [5.41, 5.74) is 0. The molecule has 0 aromatic heterocycles. The molecular formula is C2H5IO2. The maximum absolute atomic E-state index is 8.13. The Kier molecular flexibility index (Phi) is 3.24. The molecule has 0 bridgehead atoms. The zero-order chi connectivity index (χ0) is 4.28. The molecule has 0 radical (unpaired) electrons. The molecule has 0 rings (SSSR count). The number of hydrogen-bond acceptors (Lipinski definition) is 2. The monoisotopic (exact) mass is 188 g/mol. The molecular weight excluding hydrogens is 183 g/mol. The minimum absolute atomic E-state index is 0.629. The van der Waals surface area contributed by atoms with Gasteiger partial charge in [0.05, 0.1) is 0 Å². The maximum atomic E-state index is 8.13. The average Bonchev–Trinajstić information content (AvgIpc) is 1.38. The first-order chi connectivity index (χ1) is 2.27. The van der Waals surface area contributed by atoms with Crippen LogP contribution in [0, 0.1) is 0 Å². The van der Waals surface area contributed by atoms with Gasteiger partial charge < -0.3 is 5.11 Å². The molecule has 1 N–H and O–H groups in total. The standard InChI is InChI=1S/C2H5IO2/c1-2(4)5-3/h2,4H,1H3. The van der Waals surface area contributed by atoms with Crippen molar-refractivity contribution in [2.45, 2.75) is 13.2 Å². The second kappa shape index (κ2) is 2.87. The first-order valence-electron chi connectivity index (χ1n) is 1.23. The highest BCUT2D eigenvalue weighted by Crippen LogP contribution is 1.89. The molecule has 0 aromatic carbocycles. The van der Waals surface area contributed by atoms with Gasteiger partial charge in [0, 0.05) is 0 Å². The van der Waals surface area contributed by atoms with Crippen LogP contribution in [0.3, 0.4) is 0 Å². The van der Waals surface area contributed by atoms with Crippen molar-refractivity contribution < 1.29 is 8.17 Å². The molecule has 0 fully saturated rings. The van der Waals surface area contributed by atoms with Gasteiger partial charge in [-0.1, -0.05) is 0 Å². The summed E-state index contributed by atoms with van der Waals surface area (Å²) >= 11 is 1.63. The lowest BCUT2D eigenvalue weighted by molar-refractivity contribution is 0.0364. The van der Waals surface area contributed by atoms with Crippen molar-refractivity contribution >= 4 is 23.0 Å². The van der Waals surface area contributed by atoms with E-state index < -0.39 is 6.29 Å². The van der Waals surface area contributed by atoms with E-state index in [2.05, 4.69) is 3.07 Å². The molecule has 0 saturated heterocycles. The van der Waals surface area contributed by atoms with Crippen LogP contribution in [-0.2, 0) is 3.07 Å². The third-order valence-electron chi connectivity index (χ3n) is 0.129. The smallest absolute Gasteiger partial charge is 0.163 e. The van der Waals surface area contributed by atoms with Crippen molar-refractivity contribution in [3.05, 3.63) is 0 Å². The zero-order valence-corrected chi connectivity index (χ0v) is 4.97. The maximum Gasteiger partial charge on any atom is 0.163 e. The fourth-order valence-corrected chi connectivity index (χ4v) is 0. The molecule has 0 amide bonds. The highest BCUT2D eigenvalue weighted by molar-refractivity contribution is 14.1. The van der Waals surface area contributed by atoms with E-state index in [1.54, 1.807) is 29.9 Å². The van der Waals surface area contributed by atoms with Crippen LogP contribution < -0.4 is 0 Å². The van der Waals surface area contributed by atoms with Crippen LogP contribution in [0.1, 0.15) is 6.92 Å². The van der Waals surface area contributed by atoms with Gasteiger partial charge in [-0.25, -0.2) is 0 Å². The quantitative estimate of drug-likeness (QED) is 0.484. The minimum atomic E-state index is -0.629. The zero-order valence-electron chi connectivity index (χ0n) is 2.81. The van der Waals surface area contributed by atoms with Crippen molar-refractivity contribution in [1.29, 1.82) is 0 Å². The van der Waals surface area contributed by atoms with Gasteiger partial charge in [-0.15, -0.1) is 0 Å². The van der Waals surface area contributed by atoms with E-state index >= 15 is 0 Å². The fraction of sp³-hybridized carbons (Fsp3) is 1.00. The third kappa shape index (κ3) is 4.65. The Morgan fingerprint density at radius 1 is 2.00 bits per heavy atom. The van der Waals surface area contributed by atoms with Crippen molar-refractivity contribution in [3.8, 4) is 0 Å². The second-order valence-electron chi connectivity index (χ2n) is 0.688. The summed E-state index contributed by atoms with van der Waals surface area (Å²) < 4.78 is 4.28. The van der Waals surface area contributed by atoms with E-state index in [1.165, 1.54) is 0 Å². The molecule has 2 nitrogen and oxygen atoms in total. The Morgan fingerprint density at radius 2 is 2.20 bits per heavy atom. The van der Waals surface area contributed by atoms with Crippen LogP contribution in [0.4, 0.5) is 0 Å². The molecule has 1 unspecified atom stereocenters. The van der Waals surface area contributed by atoms with Gasteiger partial charge in [-0.05, 0) is 6.92 Å². The lowest BCUT2D eigenvalue weighted by Gasteiger charge is -1.90. The van der Waals surface area contributed by atoms with Crippen LogP contribution in [-0.4, -0.2) is 11.4 Å². The average molecular weight is 188 g/mol. The fourth-order valence-electron chi connectivity index (χ4n) is 0. The van der Waals surface area contributed by atoms with Gasteiger partial charge in [0.2, 0.25) is 0 Å². The van der Waals surface area contributed by atoms with E-state index in [-0.39, 0.29) is 0 Å². The number of hydrogen-bond donors (Lipinski definition) is 1. The van der Waals surface area contributed by atoms with Gasteiger partial charge in [-0.2, -0.15) is 0 Å². The van der Waals surface area contributed by atoms with Gasteiger partial charge in [-0.3, -0.25) is 3.07 Å². The summed E-state index contributed by atoms with van der Waals surface area (Å²) in [7, 11) is 0. The highest BCUT2D eigenvalue weighted by Gasteiger charge is 1.82. The first-order valence-corrected chi connectivity index (χ1v) is 2.11. The molecule has 5 heavy (non-hydrogen) atoms. The second-order valence-corrected chi connectivity index (χ2v) is 1.20. The van der Waals surface area contributed by atoms with E-state index in [0.29, 0.717) is 0 Å². The Morgan fingerprint density at radius 3 is 2.20 bits per heavy atom. The third-order valence-corrected chi connectivity index (χ3v) is 0.865. The van der Waals surface area contributed by atoms with Gasteiger partial charge >= 0.3 is 0 Å². The van der Waals surface area contributed by atoms with Gasteiger partial charge in [0.25, 0.3) is 0 Å². The molecule has 0 saturated carbocycles. The summed E-state index contributed by atoms with van der Waals surface area (Å²) in [6.07, 6.45) is -0.629. The number of halogens is 1. The normalized spacial score (nSPS) is 15.0. The van der Waals surface area contributed by atoms with Crippen molar-refractivity contribution in [2.75, 3.05) is 0 Å². The molecule has 1 atom stereocenters. The molecule has 0 heterocycles. The summed E-state index contributed by atoms with van der Waals surface area (Å²) in [4.78, 5) is 0. The van der Waals surface area contributed by atoms with E-state index in [9.17, 15) is 0 Å². The van der Waals surface area contributed by atoms with Crippen LogP contribution in [0.5, 0.6) is 0 Å². The van der Waals surface area contributed by atoms with Gasteiger partial charge in [0.15, 0.2) is 6.29 Å². The molecule has 32 valence electrons. The van der Waals surface area contributed by atoms with E-state index in [0.717, 1.165) is 0 Å². The molecule has 0 aromatic rings. The molecule has 0 aliphatic heterocycles. The summed E-state index contributed by atoms with van der Waals surface area (Å²) in [6.45, 7) is 1.55. The molecule has 0 aliphatic carbocycles. The Balaban J connectivity index is 2.54. The van der Waals surface area contributed by atoms with Crippen molar-refractivity contribution in [2.24, 2.45) is 0 Å². The van der Waals surface area contributed by atoms with E-state index in [1.807, 2.05) is 0 Å². The predicted octanol–water partition coefficient (Wildman–Crippen LogP) is 0.691. The Labute approximate surface area is 44.8 Å². The Bertz CT molecular complexity index is 21.6. The summed E-state index contributed by atoms with van der Waals surface area (Å²) in [5.74, 6) is 0. The molecule has 0 spiro atoms. The highest BCUT2D eigenvalue weighted by atomic mass is 127. The predicted molar refractivity (Wildman–Crippen MR) is 26.8 cm³/mol. The topological polar surface area (TPSA) is 29.5 Å². The van der Waals surface area contributed by atoms with Crippen LogP contribution in [0.25, 0.3) is 0 Å². The molecule has 0 aliphatic rings. The van der Waals surface area contributed by atoms with Crippen molar-refractivity contribution in [1.82, 2.24) is 0 Å². The number of aliphatic hydroxyl groups excluding tert-OH is 1. The first kappa shape index (κ1) is 5.65. The lowest BCUT2D eigenvalue weighted by atomic mass is 10.8. The number of aliphatic hydroxyl groups is 1. The summed E-state index contributed by atoms with van der Waals surface area (Å²) in [5, 5.41) is 8.13. The van der Waals surface area contributed by atoms with E-state index in [4.69, 9.17) is 5.11 Å². The van der Waals surface area contributed by atoms with Crippen LogP contribution in [0.2, 0.25) is 0 Å². The number of rotatable bonds is 1. The Hall–Kier alpha value is 0.650. The lowest BCUT2D eigenvalue weighted by Crippen LogP contribution is -1.94. The summed E-state index contributed by atoms with van der Waals surface area (Å²) in [6, 6.07) is 0.